The van der Waals surface area contributed by atoms with Gasteiger partial charge in [-0.05, 0) is 48.9 Å². The summed E-state index contributed by atoms with van der Waals surface area (Å²) >= 11 is 1.62. The van der Waals surface area contributed by atoms with Crippen LogP contribution in [0.3, 0.4) is 0 Å². The maximum Gasteiger partial charge on any atom is 0.196 e. The van der Waals surface area contributed by atoms with Crippen molar-refractivity contribution in [1.29, 1.82) is 0 Å². The summed E-state index contributed by atoms with van der Waals surface area (Å²) in [5.41, 5.74) is 5.17. The second kappa shape index (κ2) is 8.57. The number of para-hydroxylation sites is 2. The Bertz CT molecular complexity index is 1290. The fourth-order valence-electron chi connectivity index (χ4n) is 3.38. The zero-order chi connectivity index (χ0) is 21.0. The third kappa shape index (κ3) is 4.00. The van der Waals surface area contributed by atoms with Crippen LogP contribution in [0.25, 0.3) is 22.8 Å². The molecule has 0 atom stereocenters. The standard InChI is InChI=1S/C24H20N6S/c1-18-8-5-6-12-22(18)30-23(19-9-7-14-25-16-19)26-27-24(30)31-17-20-13-15-29(28-20)21-10-3-2-4-11-21/h2-16H,17H2,1H3. The van der Waals surface area contributed by atoms with Crippen molar-refractivity contribution in [3.8, 4) is 22.8 Å². The zero-order valence-corrected chi connectivity index (χ0v) is 17.8. The molecule has 0 saturated carbocycles. The number of rotatable bonds is 6. The van der Waals surface area contributed by atoms with E-state index in [4.69, 9.17) is 5.10 Å². The molecule has 0 radical (unpaired) electrons. The van der Waals surface area contributed by atoms with Gasteiger partial charge in [0, 0.05) is 29.9 Å². The number of aryl methyl sites for hydroxylation is 1. The summed E-state index contributed by atoms with van der Waals surface area (Å²) in [5, 5.41) is 14.5. The summed E-state index contributed by atoms with van der Waals surface area (Å²) in [6.45, 7) is 2.10. The molecular weight excluding hydrogens is 404 g/mol. The van der Waals surface area contributed by atoms with Gasteiger partial charge in [0.2, 0.25) is 0 Å². The average molecular weight is 425 g/mol. The number of thioether (sulfide) groups is 1. The highest BCUT2D eigenvalue weighted by molar-refractivity contribution is 7.98. The summed E-state index contributed by atoms with van der Waals surface area (Å²) < 4.78 is 3.99. The van der Waals surface area contributed by atoms with Crippen LogP contribution in [0.5, 0.6) is 0 Å². The van der Waals surface area contributed by atoms with Crippen molar-refractivity contribution in [2.24, 2.45) is 0 Å². The molecule has 0 aliphatic heterocycles. The normalized spacial score (nSPS) is 11.0. The summed E-state index contributed by atoms with van der Waals surface area (Å²) in [5.74, 6) is 1.47. The van der Waals surface area contributed by atoms with E-state index in [1.807, 2.05) is 77.7 Å². The predicted molar refractivity (Wildman–Crippen MR) is 122 cm³/mol. The SMILES string of the molecule is Cc1ccccc1-n1c(SCc2ccn(-c3ccccc3)n2)nnc1-c1cccnc1. The zero-order valence-electron chi connectivity index (χ0n) is 17.0. The number of nitrogens with zero attached hydrogens (tertiary/aromatic N) is 6. The first-order valence-corrected chi connectivity index (χ1v) is 10.9. The van der Waals surface area contributed by atoms with E-state index in [0.29, 0.717) is 5.75 Å². The van der Waals surface area contributed by atoms with Gasteiger partial charge in [0.25, 0.3) is 0 Å². The molecule has 31 heavy (non-hydrogen) atoms. The van der Waals surface area contributed by atoms with Gasteiger partial charge in [-0.25, -0.2) is 4.68 Å². The van der Waals surface area contributed by atoms with Crippen LogP contribution in [0.4, 0.5) is 0 Å². The molecule has 0 saturated heterocycles. The number of aromatic nitrogens is 6. The molecule has 6 nitrogen and oxygen atoms in total. The summed E-state index contributed by atoms with van der Waals surface area (Å²) in [6.07, 6.45) is 5.56. The van der Waals surface area contributed by atoms with Gasteiger partial charge in [-0.1, -0.05) is 48.2 Å². The third-order valence-corrected chi connectivity index (χ3v) is 5.89. The fourth-order valence-corrected chi connectivity index (χ4v) is 4.22. The molecule has 0 aliphatic rings. The van der Waals surface area contributed by atoms with Gasteiger partial charge in [-0.2, -0.15) is 5.10 Å². The number of hydrogen-bond acceptors (Lipinski definition) is 5. The van der Waals surface area contributed by atoms with Crippen LogP contribution in [0, 0.1) is 6.92 Å². The van der Waals surface area contributed by atoms with E-state index >= 15 is 0 Å². The van der Waals surface area contributed by atoms with Gasteiger partial charge < -0.3 is 0 Å². The summed E-state index contributed by atoms with van der Waals surface area (Å²) in [7, 11) is 0. The Kier molecular flexibility index (Phi) is 5.33. The first kappa shape index (κ1) is 19.3. The second-order valence-corrected chi connectivity index (χ2v) is 7.99. The van der Waals surface area contributed by atoms with Crippen LogP contribution in [0.1, 0.15) is 11.3 Å². The molecule has 0 aliphatic carbocycles. The Morgan fingerprint density at radius 3 is 2.52 bits per heavy atom. The third-order valence-electron chi connectivity index (χ3n) is 4.92. The Morgan fingerprint density at radius 1 is 0.871 bits per heavy atom. The predicted octanol–water partition coefficient (Wildman–Crippen LogP) is 5.12. The Balaban J connectivity index is 1.47. The van der Waals surface area contributed by atoms with E-state index in [2.05, 4.69) is 38.8 Å². The molecule has 3 heterocycles. The van der Waals surface area contributed by atoms with Crippen LogP contribution in [0.2, 0.25) is 0 Å². The lowest BCUT2D eigenvalue weighted by atomic mass is 10.2. The molecule has 0 unspecified atom stereocenters. The molecule has 0 N–H and O–H groups in total. The first-order valence-electron chi connectivity index (χ1n) is 9.94. The van der Waals surface area contributed by atoms with Crippen molar-refractivity contribution in [1.82, 2.24) is 29.5 Å². The number of pyridine rings is 1. The van der Waals surface area contributed by atoms with Crippen LogP contribution in [-0.4, -0.2) is 29.5 Å². The van der Waals surface area contributed by atoms with Gasteiger partial charge in [-0.3, -0.25) is 9.55 Å². The monoisotopic (exact) mass is 424 g/mol. The first-order chi connectivity index (χ1) is 15.3. The highest BCUT2D eigenvalue weighted by Crippen LogP contribution is 2.30. The topological polar surface area (TPSA) is 61.4 Å². The van der Waals surface area contributed by atoms with Crippen LogP contribution >= 0.6 is 11.8 Å². The lowest BCUT2D eigenvalue weighted by molar-refractivity contribution is 0.854. The van der Waals surface area contributed by atoms with Crippen molar-refractivity contribution >= 4 is 11.8 Å². The van der Waals surface area contributed by atoms with E-state index in [1.165, 1.54) is 0 Å². The maximum absolute atomic E-state index is 4.71. The molecule has 3 aromatic heterocycles. The molecule has 0 fully saturated rings. The van der Waals surface area contributed by atoms with E-state index < -0.39 is 0 Å². The van der Waals surface area contributed by atoms with E-state index in [9.17, 15) is 0 Å². The van der Waals surface area contributed by atoms with Crippen LogP contribution in [-0.2, 0) is 5.75 Å². The van der Waals surface area contributed by atoms with Crippen molar-refractivity contribution < 1.29 is 0 Å². The Labute approximate surface area is 184 Å². The highest BCUT2D eigenvalue weighted by Gasteiger charge is 2.18. The second-order valence-electron chi connectivity index (χ2n) is 7.05. The van der Waals surface area contributed by atoms with Crippen LogP contribution < -0.4 is 0 Å². The van der Waals surface area contributed by atoms with Crippen molar-refractivity contribution in [2.75, 3.05) is 0 Å². The minimum absolute atomic E-state index is 0.691. The lowest BCUT2D eigenvalue weighted by Crippen LogP contribution is -2.02. The Morgan fingerprint density at radius 2 is 1.71 bits per heavy atom. The van der Waals surface area contributed by atoms with E-state index in [0.717, 1.165) is 39.2 Å². The molecule has 5 aromatic rings. The summed E-state index contributed by atoms with van der Waals surface area (Å²) in [4.78, 5) is 4.25. The molecular formula is C24H20N6S. The van der Waals surface area contributed by atoms with Crippen molar-refractivity contribution in [2.45, 2.75) is 17.8 Å². The number of benzene rings is 2. The Hall–Kier alpha value is -3.71. The maximum atomic E-state index is 4.71. The van der Waals surface area contributed by atoms with Gasteiger partial charge in [-0.15, -0.1) is 10.2 Å². The average Bonchev–Trinajstić information content (AvgIpc) is 3.46. The van der Waals surface area contributed by atoms with Gasteiger partial charge >= 0.3 is 0 Å². The fraction of sp³-hybridized carbons (Fsp3) is 0.0833. The molecule has 0 spiro atoms. The van der Waals surface area contributed by atoms with Gasteiger partial charge in [0.05, 0.1) is 17.1 Å². The van der Waals surface area contributed by atoms with Gasteiger partial charge in [0.1, 0.15) is 0 Å². The molecule has 7 heteroatoms. The minimum atomic E-state index is 0.691. The molecule has 0 bridgehead atoms. The smallest absolute Gasteiger partial charge is 0.196 e. The van der Waals surface area contributed by atoms with E-state index in [1.54, 1.807) is 18.0 Å². The largest absolute Gasteiger partial charge is 0.270 e. The molecule has 2 aromatic carbocycles. The minimum Gasteiger partial charge on any atom is -0.270 e. The molecule has 5 rings (SSSR count). The molecule has 152 valence electrons. The van der Waals surface area contributed by atoms with Crippen molar-refractivity contribution in [3.05, 3.63) is 103 Å². The van der Waals surface area contributed by atoms with Gasteiger partial charge in [0.15, 0.2) is 11.0 Å². The lowest BCUT2D eigenvalue weighted by Gasteiger charge is -2.12. The quantitative estimate of drug-likeness (QED) is 0.354. The van der Waals surface area contributed by atoms with E-state index in [-0.39, 0.29) is 0 Å². The number of hydrogen-bond donors (Lipinski definition) is 0. The van der Waals surface area contributed by atoms with Crippen LogP contribution in [0.15, 0.2) is 96.5 Å². The highest BCUT2D eigenvalue weighted by atomic mass is 32.2. The molecule has 0 amide bonds. The summed E-state index contributed by atoms with van der Waals surface area (Å²) in [6, 6.07) is 24.3. The van der Waals surface area contributed by atoms with Crippen molar-refractivity contribution in [3.63, 3.8) is 0 Å².